The van der Waals surface area contributed by atoms with Crippen LogP contribution in [0.4, 0.5) is 0 Å². The Balaban J connectivity index is 1.94. The van der Waals surface area contributed by atoms with Crippen LogP contribution in [0, 0.1) is 5.92 Å². The van der Waals surface area contributed by atoms with Gasteiger partial charge in [0.25, 0.3) is 0 Å². The predicted molar refractivity (Wildman–Crippen MR) is 61.0 cm³/mol. The van der Waals surface area contributed by atoms with Gasteiger partial charge in [0, 0.05) is 35.8 Å². The van der Waals surface area contributed by atoms with Gasteiger partial charge in [-0.05, 0) is 6.42 Å². The SMILES string of the molecule is O=[P+](O)O[C@H]1C[C@H](Oc2ccncn2)CC1CO. The summed E-state index contributed by atoms with van der Waals surface area (Å²) in [6.07, 6.45) is 3.32. The van der Waals surface area contributed by atoms with Crippen molar-refractivity contribution in [2.75, 3.05) is 6.61 Å². The highest BCUT2D eigenvalue weighted by Gasteiger charge is 2.41. The Morgan fingerprint density at radius 1 is 1.50 bits per heavy atom. The quantitative estimate of drug-likeness (QED) is 0.760. The molecule has 0 spiro atoms. The van der Waals surface area contributed by atoms with Crippen molar-refractivity contribution >= 4 is 8.25 Å². The van der Waals surface area contributed by atoms with Crippen LogP contribution in [0.3, 0.4) is 0 Å². The van der Waals surface area contributed by atoms with Gasteiger partial charge in [-0.3, -0.25) is 0 Å². The Kier molecular flexibility index (Phi) is 4.54. The minimum absolute atomic E-state index is 0.0997. The van der Waals surface area contributed by atoms with E-state index < -0.39 is 14.4 Å². The smallest absolute Gasteiger partial charge is 0.474 e. The van der Waals surface area contributed by atoms with Crippen LogP contribution in [0.25, 0.3) is 0 Å². The van der Waals surface area contributed by atoms with Crippen molar-refractivity contribution in [3.8, 4) is 5.88 Å². The van der Waals surface area contributed by atoms with E-state index >= 15 is 0 Å². The van der Waals surface area contributed by atoms with E-state index in [1.807, 2.05) is 0 Å². The molecular weight excluding hydrogens is 259 g/mol. The van der Waals surface area contributed by atoms with Gasteiger partial charge >= 0.3 is 8.25 Å². The van der Waals surface area contributed by atoms with E-state index in [0.29, 0.717) is 18.7 Å². The molecule has 98 valence electrons. The highest BCUT2D eigenvalue weighted by atomic mass is 31.1. The molecule has 1 saturated carbocycles. The molecule has 0 amide bonds. The van der Waals surface area contributed by atoms with E-state index in [4.69, 9.17) is 14.2 Å². The fraction of sp³-hybridized carbons (Fsp3) is 0.600. The molecule has 0 saturated heterocycles. The Morgan fingerprint density at radius 2 is 2.33 bits per heavy atom. The predicted octanol–water partition coefficient (Wildman–Crippen LogP) is 0.661. The van der Waals surface area contributed by atoms with E-state index in [-0.39, 0.29) is 18.6 Å². The van der Waals surface area contributed by atoms with Gasteiger partial charge in [0.1, 0.15) is 18.5 Å². The first-order valence-electron chi connectivity index (χ1n) is 5.55. The number of aromatic nitrogens is 2. The molecule has 1 fully saturated rings. The van der Waals surface area contributed by atoms with Crippen LogP contribution in [-0.2, 0) is 9.09 Å². The average Bonchev–Trinajstić information content (AvgIpc) is 2.71. The van der Waals surface area contributed by atoms with E-state index in [9.17, 15) is 9.67 Å². The van der Waals surface area contributed by atoms with Crippen molar-refractivity contribution in [1.29, 1.82) is 0 Å². The summed E-state index contributed by atoms with van der Waals surface area (Å²) in [6.45, 7) is -0.0997. The number of rotatable bonds is 5. The van der Waals surface area contributed by atoms with Crippen molar-refractivity contribution in [3.05, 3.63) is 18.6 Å². The highest BCUT2D eigenvalue weighted by Crippen LogP contribution is 2.35. The maximum atomic E-state index is 10.7. The first-order chi connectivity index (χ1) is 8.69. The van der Waals surface area contributed by atoms with E-state index in [2.05, 4.69) is 9.97 Å². The fourth-order valence-electron chi connectivity index (χ4n) is 2.09. The maximum absolute atomic E-state index is 10.7. The summed E-state index contributed by atoms with van der Waals surface area (Å²) >= 11 is 0. The third-order valence-electron chi connectivity index (χ3n) is 2.89. The zero-order valence-corrected chi connectivity index (χ0v) is 10.4. The largest absolute Gasteiger partial charge is 0.695 e. The molecule has 1 aromatic rings. The lowest BCUT2D eigenvalue weighted by atomic mass is 10.1. The first-order valence-corrected chi connectivity index (χ1v) is 6.68. The molecular formula is C10H14N2O5P+. The summed E-state index contributed by atoms with van der Waals surface area (Å²) in [5.41, 5.74) is 0. The van der Waals surface area contributed by atoms with E-state index in [1.54, 1.807) is 12.3 Å². The van der Waals surface area contributed by atoms with Crippen molar-refractivity contribution in [1.82, 2.24) is 9.97 Å². The molecule has 1 aromatic heterocycles. The maximum Gasteiger partial charge on any atom is 0.695 e. The van der Waals surface area contributed by atoms with Gasteiger partial charge in [0.2, 0.25) is 5.88 Å². The Hall–Kier alpha value is -1.14. The number of nitrogens with zero attached hydrogens (tertiary/aromatic N) is 2. The lowest BCUT2D eigenvalue weighted by Crippen LogP contribution is -2.18. The van der Waals surface area contributed by atoms with Crippen LogP contribution in [0.5, 0.6) is 5.88 Å². The van der Waals surface area contributed by atoms with Crippen molar-refractivity contribution < 1.29 is 23.8 Å². The molecule has 1 aliphatic carbocycles. The summed E-state index contributed by atoms with van der Waals surface area (Å²) in [5.74, 6) is 0.253. The second-order valence-electron chi connectivity index (χ2n) is 4.08. The molecule has 18 heavy (non-hydrogen) atoms. The van der Waals surface area contributed by atoms with Crippen LogP contribution >= 0.6 is 8.25 Å². The highest BCUT2D eigenvalue weighted by molar-refractivity contribution is 7.32. The van der Waals surface area contributed by atoms with Crippen LogP contribution in [0.15, 0.2) is 18.6 Å². The van der Waals surface area contributed by atoms with Gasteiger partial charge in [-0.1, -0.05) is 0 Å². The van der Waals surface area contributed by atoms with Crippen LogP contribution in [-0.4, -0.2) is 38.8 Å². The standard InChI is InChI=1S/C10H13N2O5P/c13-5-7-3-8(4-9(7)17-18(14)15)16-10-1-2-11-6-12-10/h1-2,6-9,13H,3-5H2/p+1/t7?,8-,9+/m1/s1. The van der Waals surface area contributed by atoms with Gasteiger partial charge in [0.05, 0.1) is 0 Å². The third kappa shape index (κ3) is 3.43. The zero-order chi connectivity index (χ0) is 13.0. The minimum Gasteiger partial charge on any atom is -0.474 e. The normalized spacial score (nSPS) is 28.1. The van der Waals surface area contributed by atoms with Crippen molar-refractivity contribution in [2.24, 2.45) is 5.92 Å². The van der Waals surface area contributed by atoms with Gasteiger partial charge in [0.15, 0.2) is 0 Å². The molecule has 8 heteroatoms. The summed E-state index contributed by atoms with van der Waals surface area (Å²) in [4.78, 5) is 16.5. The molecule has 0 bridgehead atoms. The van der Waals surface area contributed by atoms with Gasteiger partial charge in [-0.2, -0.15) is 0 Å². The Labute approximate surface area is 105 Å². The molecule has 2 N–H and O–H groups in total. The first kappa shape index (κ1) is 13.3. The fourth-order valence-corrected chi connectivity index (χ4v) is 2.58. The number of hydrogen-bond donors (Lipinski definition) is 2. The van der Waals surface area contributed by atoms with E-state index in [0.717, 1.165) is 0 Å². The summed E-state index contributed by atoms with van der Waals surface area (Å²) in [7, 11) is -2.66. The molecule has 0 radical (unpaired) electrons. The minimum atomic E-state index is -2.66. The zero-order valence-electron chi connectivity index (χ0n) is 9.55. The molecule has 1 heterocycles. The van der Waals surface area contributed by atoms with Gasteiger partial charge in [-0.25, -0.2) is 9.97 Å². The van der Waals surface area contributed by atoms with Crippen molar-refractivity contribution in [2.45, 2.75) is 25.0 Å². The van der Waals surface area contributed by atoms with Crippen LogP contribution < -0.4 is 4.74 Å². The van der Waals surface area contributed by atoms with Crippen LogP contribution in [0.1, 0.15) is 12.8 Å². The second-order valence-corrected chi connectivity index (χ2v) is 4.77. The third-order valence-corrected chi connectivity index (χ3v) is 3.34. The average molecular weight is 273 g/mol. The summed E-state index contributed by atoms with van der Waals surface area (Å²) in [5, 5.41) is 9.20. The summed E-state index contributed by atoms with van der Waals surface area (Å²) < 4.78 is 21.1. The Morgan fingerprint density at radius 3 is 2.94 bits per heavy atom. The number of aliphatic hydroxyl groups is 1. The van der Waals surface area contributed by atoms with Crippen molar-refractivity contribution in [3.63, 3.8) is 0 Å². The van der Waals surface area contributed by atoms with Crippen LogP contribution in [0.2, 0.25) is 0 Å². The molecule has 7 nitrogen and oxygen atoms in total. The Bertz CT molecular complexity index is 405. The lowest BCUT2D eigenvalue weighted by Gasteiger charge is -2.11. The monoisotopic (exact) mass is 273 g/mol. The molecule has 2 rings (SSSR count). The lowest BCUT2D eigenvalue weighted by molar-refractivity contribution is 0.105. The molecule has 4 atom stereocenters. The van der Waals surface area contributed by atoms with Gasteiger partial charge < -0.3 is 9.84 Å². The molecule has 0 aromatic carbocycles. The number of hydrogen-bond acceptors (Lipinski definition) is 6. The molecule has 1 aliphatic rings. The number of ether oxygens (including phenoxy) is 1. The topological polar surface area (TPSA) is 102 Å². The van der Waals surface area contributed by atoms with E-state index in [1.165, 1.54) is 6.33 Å². The molecule has 2 unspecified atom stereocenters. The second kappa shape index (κ2) is 6.15. The summed E-state index contributed by atoms with van der Waals surface area (Å²) in [6, 6.07) is 1.63. The molecule has 0 aliphatic heterocycles. The number of aliphatic hydroxyl groups excluding tert-OH is 1. The van der Waals surface area contributed by atoms with Gasteiger partial charge in [-0.15, -0.1) is 9.42 Å².